The van der Waals surface area contributed by atoms with Gasteiger partial charge in [0.2, 0.25) is 0 Å². The average Bonchev–Trinajstić information content (AvgIpc) is 3.40. The normalized spacial score (nSPS) is 14.7. The summed E-state index contributed by atoms with van der Waals surface area (Å²) in [6, 6.07) is 9.00. The zero-order chi connectivity index (χ0) is 22.1. The van der Waals surface area contributed by atoms with Crippen LogP contribution in [0.1, 0.15) is 28.8 Å². The number of nitrogens with one attached hydrogen (secondary N) is 1. The minimum atomic E-state index is -0.301. The second-order valence-corrected chi connectivity index (χ2v) is 8.11. The van der Waals surface area contributed by atoms with Crippen molar-refractivity contribution in [2.45, 2.75) is 25.4 Å². The molecule has 3 aromatic heterocycles. The lowest BCUT2D eigenvalue weighted by Crippen LogP contribution is -2.38. The van der Waals surface area contributed by atoms with Crippen LogP contribution in [0.2, 0.25) is 0 Å². The van der Waals surface area contributed by atoms with E-state index in [1.165, 1.54) is 6.07 Å². The molecule has 1 saturated heterocycles. The highest BCUT2D eigenvalue weighted by Crippen LogP contribution is 2.25. The first kappa shape index (κ1) is 20.4. The number of carbonyl (C=O) groups is 1. The maximum absolute atomic E-state index is 15.0. The summed E-state index contributed by atoms with van der Waals surface area (Å²) in [6.07, 6.45) is 8.59. The van der Waals surface area contributed by atoms with E-state index < -0.39 is 0 Å². The number of aryl methyl sites for hydroxylation is 1. The summed E-state index contributed by atoms with van der Waals surface area (Å²) >= 11 is 0. The molecule has 0 spiro atoms. The van der Waals surface area contributed by atoms with Gasteiger partial charge in [0.05, 0.1) is 23.8 Å². The SMILES string of the molecule is Cn1cc(-c2ccc(Cn3cc(C(=O)NC4CCOCC4)c4ncccc43)c(F)c2)cn1. The van der Waals surface area contributed by atoms with Crippen molar-refractivity contribution in [3.8, 4) is 11.1 Å². The first-order valence-electron chi connectivity index (χ1n) is 10.7. The third kappa shape index (κ3) is 4.01. The molecule has 32 heavy (non-hydrogen) atoms. The highest BCUT2D eigenvalue weighted by atomic mass is 19.1. The molecule has 0 bridgehead atoms. The molecule has 0 unspecified atom stereocenters. The molecule has 1 N–H and O–H groups in total. The van der Waals surface area contributed by atoms with Gasteiger partial charge in [-0.1, -0.05) is 12.1 Å². The number of nitrogens with zero attached hydrogens (tertiary/aromatic N) is 4. The monoisotopic (exact) mass is 433 g/mol. The molecular weight excluding hydrogens is 409 g/mol. The van der Waals surface area contributed by atoms with Crippen LogP contribution in [0.25, 0.3) is 22.2 Å². The number of fused-ring (bicyclic) bond motifs is 1. The number of halogens is 1. The first-order chi connectivity index (χ1) is 15.6. The second kappa shape index (κ2) is 8.55. The Bertz CT molecular complexity index is 1270. The Morgan fingerprint density at radius 1 is 1.22 bits per heavy atom. The number of amides is 1. The summed E-state index contributed by atoms with van der Waals surface area (Å²) in [4.78, 5) is 17.4. The van der Waals surface area contributed by atoms with Gasteiger partial charge in [-0.2, -0.15) is 5.10 Å². The standard InChI is InChI=1S/C24H24FN5O2/c1-29-13-18(12-27-29)16-4-5-17(21(25)11-16)14-30-15-20(23-22(30)3-2-8-26-23)24(31)28-19-6-9-32-10-7-19/h2-5,8,11-13,15,19H,6-7,9-10,14H2,1H3,(H,28,31). The quantitative estimate of drug-likeness (QED) is 0.523. The van der Waals surface area contributed by atoms with E-state index in [2.05, 4.69) is 15.4 Å². The molecule has 0 radical (unpaired) electrons. The van der Waals surface area contributed by atoms with Crippen LogP contribution in [0.5, 0.6) is 0 Å². The van der Waals surface area contributed by atoms with Gasteiger partial charge in [-0.25, -0.2) is 4.39 Å². The minimum Gasteiger partial charge on any atom is -0.381 e. The number of ether oxygens (including phenoxy) is 1. The van der Waals surface area contributed by atoms with Crippen LogP contribution in [0.3, 0.4) is 0 Å². The van der Waals surface area contributed by atoms with Gasteiger partial charge in [0.25, 0.3) is 5.91 Å². The van der Waals surface area contributed by atoms with Crippen molar-refractivity contribution in [2.75, 3.05) is 13.2 Å². The lowest BCUT2D eigenvalue weighted by Gasteiger charge is -2.22. The average molecular weight is 433 g/mol. The molecule has 1 fully saturated rings. The topological polar surface area (TPSA) is 74.0 Å². The molecule has 164 valence electrons. The van der Waals surface area contributed by atoms with Crippen molar-refractivity contribution in [1.82, 2.24) is 24.6 Å². The Labute approximate surface area is 184 Å². The molecule has 7 nitrogen and oxygen atoms in total. The maximum atomic E-state index is 15.0. The summed E-state index contributed by atoms with van der Waals surface area (Å²) < 4.78 is 23.9. The lowest BCUT2D eigenvalue weighted by molar-refractivity contribution is 0.0697. The van der Waals surface area contributed by atoms with Gasteiger partial charge >= 0.3 is 0 Å². The molecule has 1 amide bonds. The molecular formula is C24H24FN5O2. The number of carbonyl (C=O) groups excluding carboxylic acids is 1. The minimum absolute atomic E-state index is 0.0934. The van der Waals surface area contributed by atoms with Crippen molar-refractivity contribution >= 4 is 16.9 Å². The molecule has 0 saturated carbocycles. The van der Waals surface area contributed by atoms with Gasteiger partial charge in [-0.15, -0.1) is 0 Å². The summed E-state index contributed by atoms with van der Waals surface area (Å²) in [5.41, 5.74) is 4.08. The maximum Gasteiger partial charge on any atom is 0.255 e. The molecule has 4 heterocycles. The van der Waals surface area contributed by atoms with Crippen LogP contribution in [-0.4, -0.2) is 44.5 Å². The Morgan fingerprint density at radius 2 is 2.06 bits per heavy atom. The molecule has 0 atom stereocenters. The fraction of sp³-hybridized carbons (Fsp3) is 0.292. The van der Waals surface area contributed by atoms with Crippen LogP contribution >= 0.6 is 0 Å². The van der Waals surface area contributed by atoms with E-state index in [1.807, 2.05) is 36.0 Å². The van der Waals surface area contributed by atoms with E-state index in [0.717, 1.165) is 29.5 Å². The largest absolute Gasteiger partial charge is 0.381 e. The smallest absolute Gasteiger partial charge is 0.255 e. The third-order valence-electron chi connectivity index (χ3n) is 5.87. The van der Waals surface area contributed by atoms with Crippen LogP contribution in [-0.2, 0) is 18.3 Å². The Kier molecular flexibility index (Phi) is 5.45. The lowest BCUT2D eigenvalue weighted by atomic mass is 10.1. The van der Waals surface area contributed by atoms with Gasteiger partial charge in [-0.05, 0) is 36.6 Å². The highest BCUT2D eigenvalue weighted by Gasteiger charge is 2.21. The Balaban J connectivity index is 1.43. The van der Waals surface area contributed by atoms with Crippen LogP contribution < -0.4 is 5.32 Å². The molecule has 5 rings (SSSR count). The molecule has 1 aliphatic rings. The van der Waals surface area contributed by atoms with E-state index in [1.54, 1.807) is 29.3 Å². The molecule has 8 heteroatoms. The molecule has 1 aromatic carbocycles. The van der Waals surface area contributed by atoms with E-state index in [9.17, 15) is 9.18 Å². The summed E-state index contributed by atoms with van der Waals surface area (Å²) in [5, 5.41) is 7.24. The zero-order valence-electron chi connectivity index (χ0n) is 17.8. The number of hydrogen-bond donors (Lipinski definition) is 1. The third-order valence-corrected chi connectivity index (χ3v) is 5.87. The van der Waals surface area contributed by atoms with E-state index in [-0.39, 0.29) is 17.8 Å². The van der Waals surface area contributed by atoms with Gasteiger partial charge in [-0.3, -0.25) is 14.5 Å². The van der Waals surface area contributed by atoms with Crippen molar-refractivity contribution in [1.29, 1.82) is 0 Å². The van der Waals surface area contributed by atoms with E-state index in [0.29, 0.717) is 36.4 Å². The first-order valence-corrected chi connectivity index (χ1v) is 10.7. The Morgan fingerprint density at radius 3 is 2.81 bits per heavy atom. The van der Waals surface area contributed by atoms with Gasteiger partial charge in [0.15, 0.2) is 0 Å². The fourth-order valence-electron chi connectivity index (χ4n) is 4.13. The van der Waals surface area contributed by atoms with E-state index >= 15 is 0 Å². The number of rotatable bonds is 5. The number of aromatic nitrogens is 4. The van der Waals surface area contributed by atoms with Crippen LogP contribution in [0.15, 0.2) is 55.1 Å². The molecule has 4 aromatic rings. The van der Waals surface area contributed by atoms with Crippen molar-refractivity contribution in [2.24, 2.45) is 7.05 Å². The number of benzene rings is 1. The predicted octanol–water partition coefficient (Wildman–Crippen LogP) is 3.53. The zero-order valence-corrected chi connectivity index (χ0v) is 17.8. The summed E-state index contributed by atoms with van der Waals surface area (Å²) in [7, 11) is 1.83. The molecule has 1 aliphatic heterocycles. The fourth-order valence-corrected chi connectivity index (χ4v) is 4.13. The summed E-state index contributed by atoms with van der Waals surface area (Å²) in [5.74, 6) is -0.461. The summed E-state index contributed by atoms with van der Waals surface area (Å²) in [6.45, 7) is 1.60. The van der Waals surface area contributed by atoms with Crippen molar-refractivity contribution < 1.29 is 13.9 Å². The van der Waals surface area contributed by atoms with Crippen molar-refractivity contribution in [3.63, 3.8) is 0 Å². The second-order valence-electron chi connectivity index (χ2n) is 8.11. The van der Waals surface area contributed by atoms with Gasteiger partial charge in [0, 0.05) is 56.0 Å². The van der Waals surface area contributed by atoms with E-state index in [4.69, 9.17) is 4.74 Å². The number of pyridine rings is 1. The molecule has 0 aliphatic carbocycles. The van der Waals surface area contributed by atoms with Gasteiger partial charge in [0.1, 0.15) is 11.3 Å². The van der Waals surface area contributed by atoms with Crippen LogP contribution in [0.4, 0.5) is 4.39 Å². The number of hydrogen-bond acceptors (Lipinski definition) is 4. The van der Waals surface area contributed by atoms with Crippen molar-refractivity contribution in [3.05, 3.63) is 72.1 Å². The van der Waals surface area contributed by atoms with Crippen LogP contribution in [0, 0.1) is 5.82 Å². The highest BCUT2D eigenvalue weighted by molar-refractivity contribution is 6.05. The predicted molar refractivity (Wildman–Crippen MR) is 119 cm³/mol. The van der Waals surface area contributed by atoms with Gasteiger partial charge < -0.3 is 14.6 Å². The Hall–Kier alpha value is -3.52.